The van der Waals surface area contributed by atoms with Crippen LogP contribution in [-0.4, -0.2) is 23.9 Å². The Kier molecular flexibility index (Phi) is 4.60. The molecule has 1 aromatic heterocycles. The number of benzene rings is 1. The average Bonchev–Trinajstić information content (AvgIpc) is 2.85. The quantitative estimate of drug-likeness (QED) is 0.502. The van der Waals surface area contributed by atoms with Gasteiger partial charge >= 0.3 is 0 Å². The number of fused-ring (bicyclic) bond motifs is 1. The third-order valence-electron chi connectivity index (χ3n) is 2.77. The molecule has 0 radical (unpaired) electrons. The average molecular weight is 355 g/mol. The van der Waals surface area contributed by atoms with Crippen molar-refractivity contribution in [3.8, 4) is 5.75 Å². The van der Waals surface area contributed by atoms with E-state index in [1.807, 2.05) is 12.1 Å². The molecule has 1 heterocycles. The van der Waals surface area contributed by atoms with Crippen molar-refractivity contribution in [3.05, 3.63) is 33.3 Å². The summed E-state index contributed by atoms with van der Waals surface area (Å²) in [6.07, 6.45) is 0.107. The van der Waals surface area contributed by atoms with E-state index >= 15 is 0 Å². The summed E-state index contributed by atoms with van der Waals surface area (Å²) in [5.41, 5.74) is 0. The zero-order valence-electron chi connectivity index (χ0n) is 10.6. The van der Waals surface area contributed by atoms with Crippen LogP contribution in [0.15, 0.2) is 28.4 Å². The SMILES string of the molecule is COc1cc2cc(C(=O)CCC(O)=C=O)sc2cc1Br. The molecule has 6 heteroatoms. The van der Waals surface area contributed by atoms with Crippen LogP contribution in [0.4, 0.5) is 0 Å². The van der Waals surface area contributed by atoms with E-state index in [0.29, 0.717) is 10.6 Å². The number of hydrogen-bond acceptors (Lipinski definition) is 5. The van der Waals surface area contributed by atoms with Crippen LogP contribution in [0.25, 0.3) is 10.1 Å². The molecule has 0 aliphatic heterocycles. The number of thiophene rings is 1. The first kappa shape index (κ1) is 14.8. The molecule has 0 amide bonds. The summed E-state index contributed by atoms with van der Waals surface area (Å²) in [5.74, 6) is 1.54. The molecule has 1 aromatic carbocycles. The first-order valence-corrected chi connectivity index (χ1v) is 7.39. The molecule has 0 bridgehead atoms. The monoisotopic (exact) mass is 354 g/mol. The second-order valence-corrected chi connectivity index (χ2v) is 6.05. The predicted molar refractivity (Wildman–Crippen MR) is 81.5 cm³/mol. The summed E-state index contributed by atoms with van der Waals surface area (Å²) in [6.45, 7) is 0. The molecule has 104 valence electrons. The van der Waals surface area contributed by atoms with Gasteiger partial charge in [-0.1, -0.05) is 0 Å². The number of ketones is 1. The molecule has 4 nitrogen and oxygen atoms in total. The minimum atomic E-state index is -0.427. The molecular formula is C14H11BrO4S. The third-order valence-corrected chi connectivity index (χ3v) is 4.53. The van der Waals surface area contributed by atoms with Crippen LogP contribution in [0.3, 0.4) is 0 Å². The number of carbonyl (C=O) groups is 1. The van der Waals surface area contributed by atoms with Gasteiger partial charge in [-0.15, -0.1) is 11.3 Å². The summed E-state index contributed by atoms with van der Waals surface area (Å²) in [6, 6.07) is 5.55. The molecule has 0 unspecified atom stereocenters. The van der Waals surface area contributed by atoms with E-state index in [0.717, 1.165) is 14.6 Å². The van der Waals surface area contributed by atoms with Crippen molar-refractivity contribution < 1.29 is 19.4 Å². The molecule has 0 aliphatic rings. The fraction of sp³-hybridized carbons (Fsp3) is 0.214. The fourth-order valence-electron chi connectivity index (χ4n) is 1.74. The Morgan fingerprint density at radius 1 is 1.40 bits per heavy atom. The lowest BCUT2D eigenvalue weighted by molar-refractivity contribution is 0.0983. The van der Waals surface area contributed by atoms with Crippen molar-refractivity contribution in [2.45, 2.75) is 12.8 Å². The van der Waals surface area contributed by atoms with Crippen LogP contribution in [-0.2, 0) is 4.79 Å². The largest absolute Gasteiger partial charge is 0.502 e. The van der Waals surface area contributed by atoms with Crippen molar-refractivity contribution in [3.63, 3.8) is 0 Å². The zero-order chi connectivity index (χ0) is 14.7. The molecule has 0 fully saturated rings. The Hall–Kier alpha value is -1.62. The highest BCUT2D eigenvalue weighted by Gasteiger charge is 2.13. The molecule has 0 atom stereocenters. The maximum absolute atomic E-state index is 12.0. The Morgan fingerprint density at radius 3 is 2.80 bits per heavy atom. The number of allylic oxidation sites excluding steroid dienone is 1. The van der Waals surface area contributed by atoms with Crippen LogP contribution in [0, 0.1) is 0 Å². The van der Waals surface area contributed by atoms with Crippen LogP contribution in [0.2, 0.25) is 0 Å². The fourth-order valence-corrected chi connectivity index (χ4v) is 3.45. The van der Waals surface area contributed by atoms with E-state index in [1.165, 1.54) is 17.3 Å². The maximum Gasteiger partial charge on any atom is 0.177 e. The molecule has 2 aromatic rings. The summed E-state index contributed by atoms with van der Waals surface area (Å²) >= 11 is 4.77. The molecular weight excluding hydrogens is 344 g/mol. The van der Waals surface area contributed by atoms with Gasteiger partial charge in [-0.25, -0.2) is 4.79 Å². The number of hydrogen-bond donors (Lipinski definition) is 1. The highest BCUT2D eigenvalue weighted by molar-refractivity contribution is 9.10. The standard InChI is InChI=1S/C14H11BrO4S/c1-19-12-4-8-5-14(20-13(8)6-10(12)15)11(18)3-2-9(17)7-16/h4-6,17H,2-3H2,1H3. The van der Waals surface area contributed by atoms with Gasteiger partial charge in [0.1, 0.15) is 5.75 Å². The van der Waals surface area contributed by atoms with E-state index in [-0.39, 0.29) is 18.6 Å². The predicted octanol–water partition coefficient (Wildman–Crippen LogP) is 3.91. The van der Waals surface area contributed by atoms with E-state index in [4.69, 9.17) is 9.84 Å². The number of ether oxygens (including phenoxy) is 1. The summed E-state index contributed by atoms with van der Waals surface area (Å²) in [4.78, 5) is 22.7. The smallest absolute Gasteiger partial charge is 0.177 e. The van der Waals surface area contributed by atoms with Crippen LogP contribution >= 0.6 is 27.3 Å². The van der Waals surface area contributed by atoms with Gasteiger partial charge in [-0.2, -0.15) is 0 Å². The number of methoxy groups -OCH3 is 1. The summed E-state index contributed by atoms with van der Waals surface area (Å²) < 4.78 is 7.01. The Labute approximate surface area is 127 Å². The third kappa shape index (κ3) is 3.10. The number of Topliss-reactive ketones (excluding diaryl/α,β-unsaturated/α-hetero) is 1. The molecule has 0 aliphatic carbocycles. The first-order valence-electron chi connectivity index (χ1n) is 5.78. The van der Waals surface area contributed by atoms with Crippen LogP contribution < -0.4 is 4.74 Å². The van der Waals surface area contributed by atoms with Gasteiger partial charge in [0.25, 0.3) is 0 Å². The second kappa shape index (κ2) is 6.22. The molecule has 2 rings (SSSR count). The van der Waals surface area contributed by atoms with Crippen molar-refractivity contribution in [2.75, 3.05) is 7.11 Å². The number of aliphatic hydroxyl groups is 1. The number of rotatable bonds is 5. The topological polar surface area (TPSA) is 63.6 Å². The highest BCUT2D eigenvalue weighted by Crippen LogP contribution is 2.35. The van der Waals surface area contributed by atoms with Crippen molar-refractivity contribution in [1.82, 2.24) is 0 Å². The van der Waals surface area contributed by atoms with E-state index in [2.05, 4.69) is 15.9 Å². The number of carbonyl (C=O) groups excluding carboxylic acids is 2. The summed E-state index contributed by atoms with van der Waals surface area (Å²) in [7, 11) is 1.58. The second-order valence-electron chi connectivity index (χ2n) is 4.11. The van der Waals surface area contributed by atoms with Gasteiger partial charge in [0.2, 0.25) is 0 Å². The number of halogens is 1. The highest BCUT2D eigenvalue weighted by atomic mass is 79.9. The summed E-state index contributed by atoms with van der Waals surface area (Å²) in [5, 5.41) is 9.94. The van der Waals surface area contributed by atoms with Crippen LogP contribution in [0.5, 0.6) is 5.75 Å². The van der Waals surface area contributed by atoms with Gasteiger partial charge in [-0.05, 0) is 39.5 Å². The van der Waals surface area contributed by atoms with Gasteiger partial charge in [0.15, 0.2) is 17.5 Å². The number of aliphatic hydroxyl groups excluding tert-OH is 1. The molecule has 0 saturated carbocycles. The van der Waals surface area contributed by atoms with E-state index in [9.17, 15) is 9.59 Å². The van der Waals surface area contributed by atoms with Crippen LogP contribution in [0.1, 0.15) is 22.5 Å². The lowest BCUT2D eigenvalue weighted by Crippen LogP contribution is -1.96. The Balaban J connectivity index is 2.27. The van der Waals surface area contributed by atoms with Gasteiger partial charge < -0.3 is 9.84 Å². The molecule has 1 N–H and O–H groups in total. The lowest BCUT2D eigenvalue weighted by Gasteiger charge is -2.01. The van der Waals surface area contributed by atoms with Crippen molar-refractivity contribution in [1.29, 1.82) is 0 Å². The maximum atomic E-state index is 12.0. The molecule has 0 saturated heterocycles. The van der Waals surface area contributed by atoms with Crippen molar-refractivity contribution >= 4 is 49.1 Å². The zero-order valence-corrected chi connectivity index (χ0v) is 13.0. The minimum Gasteiger partial charge on any atom is -0.502 e. The first-order chi connectivity index (χ1) is 9.55. The minimum absolute atomic E-state index is 0.0175. The Morgan fingerprint density at radius 2 is 2.15 bits per heavy atom. The van der Waals surface area contributed by atoms with E-state index < -0.39 is 5.76 Å². The lowest BCUT2D eigenvalue weighted by atomic mass is 10.1. The normalized spacial score (nSPS) is 10.3. The molecule has 20 heavy (non-hydrogen) atoms. The van der Waals surface area contributed by atoms with Gasteiger partial charge in [-0.3, -0.25) is 4.79 Å². The van der Waals surface area contributed by atoms with Crippen molar-refractivity contribution in [2.24, 2.45) is 0 Å². The van der Waals surface area contributed by atoms with Gasteiger partial charge in [0.05, 0.1) is 16.5 Å². The van der Waals surface area contributed by atoms with Gasteiger partial charge in [0, 0.05) is 17.5 Å². The Bertz CT molecular complexity index is 713. The van der Waals surface area contributed by atoms with E-state index in [1.54, 1.807) is 13.2 Å². The molecule has 0 spiro atoms.